The molecule has 2 amide bonds. The van der Waals surface area contributed by atoms with Crippen LogP contribution in [0, 0.1) is 0 Å². The van der Waals surface area contributed by atoms with Gasteiger partial charge < -0.3 is 10.2 Å². The molecular weight excluding hydrogens is 590 g/mol. The number of hydrogen-bond donors (Lipinski definition) is 1. The van der Waals surface area contributed by atoms with Crippen molar-refractivity contribution in [1.82, 2.24) is 10.2 Å². The van der Waals surface area contributed by atoms with Gasteiger partial charge >= 0.3 is 6.18 Å². The number of anilines is 1. The van der Waals surface area contributed by atoms with Crippen LogP contribution in [0.4, 0.5) is 18.9 Å². The van der Waals surface area contributed by atoms with Crippen LogP contribution in [-0.4, -0.2) is 50.5 Å². The first-order valence-electron chi connectivity index (χ1n) is 12.8. The lowest BCUT2D eigenvalue weighted by molar-refractivity contribution is -0.141. The van der Waals surface area contributed by atoms with Crippen LogP contribution in [0.1, 0.15) is 57.1 Å². The van der Waals surface area contributed by atoms with Crippen molar-refractivity contribution >= 4 is 50.7 Å². The highest BCUT2D eigenvalue weighted by molar-refractivity contribution is 7.92. The van der Waals surface area contributed by atoms with Crippen LogP contribution in [0.15, 0.2) is 42.5 Å². The summed E-state index contributed by atoms with van der Waals surface area (Å²) in [5.74, 6) is -0.729. The molecule has 13 heteroatoms. The number of carbonyl (C=O) groups excluding carboxylic acids is 2. The monoisotopic (exact) mass is 623 g/mol. The maximum atomic E-state index is 13.5. The minimum absolute atomic E-state index is 0.00785. The fourth-order valence-corrected chi connectivity index (χ4v) is 5.38. The number of unbranched alkanes of at least 4 members (excludes halogenated alkanes) is 1. The maximum absolute atomic E-state index is 13.5. The smallest absolute Gasteiger partial charge is 0.354 e. The van der Waals surface area contributed by atoms with Crippen molar-refractivity contribution in [3.8, 4) is 0 Å². The van der Waals surface area contributed by atoms with Crippen LogP contribution in [0.5, 0.6) is 0 Å². The SMILES string of the molecule is CCCCNC(=O)C(CC)N(Cc1ccc(Cl)c(Cl)c1)C(=O)CCCN(c1cccc(C(F)(F)F)c1)S(C)(=O)=O. The fourth-order valence-electron chi connectivity index (χ4n) is 4.10. The second kappa shape index (κ2) is 14.9. The third-order valence-electron chi connectivity index (χ3n) is 6.17. The average molecular weight is 625 g/mol. The van der Waals surface area contributed by atoms with Crippen LogP contribution in [-0.2, 0) is 32.3 Å². The molecule has 0 aliphatic carbocycles. The Morgan fingerprint density at radius 2 is 1.73 bits per heavy atom. The normalized spacial score (nSPS) is 12.6. The molecule has 0 bridgehead atoms. The number of benzene rings is 2. The van der Waals surface area contributed by atoms with Crippen LogP contribution < -0.4 is 9.62 Å². The highest BCUT2D eigenvalue weighted by Crippen LogP contribution is 2.32. The van der Waals surface area contributed by atoms with E-state index >= 15 is 0 Å². The van der Waals surface area contributed by atoms with Gasteiger partial charge in [0.2, 0.25) is 21.8 Å². The van der Waals surface area contributed by atoms with E-state index in [9.17, 15) is 31.2 Å². The third-order valence-corrected chi connectivity index (χ3v) is 8.10. The molecule has 0 saturated heterocycles. The molecular formula is C27H34Cl2F3N3O4S. The molecule has 0 aromatic heterocycles. The van der Waals surface area contributed by atoms with E-state index in [0.29, 0.717) is 23.6 Å². The summed E-state index contributed by atoms with van der Waals surface area (Å²) in [4.78, 5) is 27.9. The maximum Gasteiger partial charge on any atom is 0.416 e. The van der Waals surface area contributed by atoms with Crippen LogP contribution in [0.3, 0.4) is 0 Å². The summed E-state index contributed by atoms with van der Waals surface area (Å²) in [5.41, 5.74) is -0.495. The van der Waals surface area contributed by atoms with Crippen molar-refractivity contribution < 1.29 is 31.2 Å². The second-order valence-electron chi connectivity index (χ2n) is 9.33. The summed E-state index contributed by atoms with van der Waals surface area (Å²) in [6.45, 7) is 4.05. The summed E-state index contributed by atoms with van der Waals surface area (Å²) in [7, 11) is -3.95. The van der Waals surface area contributed by atoms with E-state index in [1.54, 1.807) is 25.1 Å². The van der Waals surface area contributed by atoms with Crippen molar-refractivity contribution in [2.75, 3.05) is 23.7 Å². The van der Waals surface area contributed by atoms with Gasteiger partial charge in [0, 0.05) is 26.1 Å². The Hall–Kier alpha value is -2.50. The summed E-state index contributed by atoms with van der Waals surface area (Å²) >= 11 is 12.2. The number of nitrogens with zero attached hydrogens (tertiary/aromatic N) is 2. The van der Waals surface area contributed by atoms with Gasteiger partial charge in [0.05, 0.1) is 27.6 Å². The van der Waals surface area contributed by atoms with E-state index in [0.717, 1.165) is 41.6 Å². The minimum atomic E-state index is -4.65. The lowest BCUT2D eigenvalue weighted by Gasteiger charge is -2.31. The molecule has 0 spiro atoms. The number of nitrogens with one attached hydrogen (secondary N) is 1. The lowest BCUT2D eigenvalue weighted by atomic mass is 10.1. The van der Waals surface area contributed by atoms with Gasteiger partial charge in [-0.15, -0.1) is 0 Å². The van der Waals surface area contributed by atoms with E-state index < -0.39 is 33.7 Å². The first kappa shape index (κ1) is 33.7. The summed E-state index contributed by atoms with van der Waals surface area (Å²) < 4.78 is 65.4. The highest BCUT2D eigenvalue weighted by atomic mass is 35.5. The number of amides is 2. The van der Waals surface area contributed by atoms with E-state index in [4.69, 9.17) is 23.2 Å². The van der Waals surface area contributed by atoms with Gasteiger partial charge in [-0.05, 0) is 55.2 Å². The Balaban J connectivity index is 2.27. The summed E-state index contributed by atoms with van der Waals surface area (Å²) in [6.07, 6.45) is -1.92. The Labute approximate surface area is 243 Å². The highest BCUT2D eigenvalue weighted by Gasteiger charge is 2.32. The van der Waals surface area contributed by atoms with Gasteiger partial charge in [0.1, 0.15) is 6.04 Å². The quantitative estimate of drug-likeness (QED) is 0.251. The molecule has 0 fully saturated rings. The van der Waals surface area contributed by atoms with E-state index in [-0.39, 0.29) is 42.5 Å². The van der Waals surface area contributed by atoms with Crippen molar-refractivity contribution in [2.45, 2.75) is 64.7 Å². The van der Waals surface area contributed by atoms with Crippen molar-refractivity contribution in [3.63, 3.8) is 0 Å². The predicted molar refractivity (Wildman–Crippen MR) is 152 cm³/mol. The molecule has 1 N–H and O–H groups in total. The average Bonchev–Trinajstić information content (AvgIpc) is 2.87. The first-order valence-corrected chi connectivity index (χ1v) is 15.5. The van der Waals surface area contributed by atoms with E-state index in [2.05, 4.69) is 5.32 Å². The van der Waals surface area contributed by atoms with Gasteiger partial charge in [-0.2, -0.15) is 13.2 Å². The lowest BCUT2D eigenvalue weighted by Crippen LogP contribution is -2.49. The molecule has 2 aromatic rings. The molecule has 2 rings (SSSR count). The Morgan fingerprint density at radius 3 is 2.30 bits per heavy atom. The zero-order valence-electron chi connectivity index (χ0n) is 22.6. The second-order valence-corrected chi connectivity index (χ2v) is 12.0. The molecule has 0 radical (unpaired) electrons. The molecule has 0 saturated carbocycles. The number of rotatable bonds is 14. The van der Waals surface area contributed by atoms with E-state index in [1.165, 1.54) is 11.0 Å². The number of carbonyl (C=O) groups is 2. The van der Waals surface area contributed by atoms with Crippen LogP contribution in [0.2, 0.25) is 10.0 Å². The summed E-state index contributed by atoms with van der Waals surface area (Å²) in [5, 5.41) is 3.47. The molecule has 7 nitrogen and oxygen atoms in total. The third kappa shape index (κ3) is 9.85. The van der Waals surface area contributed by atoms with Gasteiger partial charge in [-0.3, -0.25) is 13.9 Å². The molecule has 0 aliphatic rings. The van der Waals surface area contributed by atoms with Gasteiger partial charge in [-0.25, -0.2) is 8.42 Å². The van der Waals surface area contributed by atoms with Crippen LogP contribution >= 0.6 is 23.2 Å². The molecule has 1 atom stereocenters. The van der Waals surface area contributed by atoms with Crippen molar-refractivity contribution in [3.05, 3.63) is 63.6 Å². The largest absolute Gasteiger partial charge is 0.416 e. The number of hydrogen-bond acceptors (Lipinski definition) is 4. The Morgan fingerprint density at radius 1 is 1.02 bits per heavy atom. The standard InChI is InChI=1S/C27H34Cl2F3N3O4S/c1-4-6-14-33-26(37)24(5-2)34(18-19-12-13-22(28)23(29)16-19)25(36)11-8-15-35(40(3,38)39)21-10-7-9-20(17-21)27(30,31)32/h7,9-10,12-13,16-17,24H,4-6,8,11,14-15,18H2,1-3H3,(H,33,37). The van der Waals surface area contributed by atoms with Gasteiger partial charge in [-0.1, -0.05) is 55.6 Å². The Kier molecular flexibility index (Phi) is 12.6. The number of alkyl halides is 3. The molecule has 0 heterocycles. The topological polar surface area (TPSA) is 86.8 Å². The zero-order chi connectivity index (χ0) is 30.1. The molecule has 1 unspecified atom stereocenters. The number of sulfonamides is 1. The summed E-state index contributed by atoms with van der Waals surface area (Å²) in [6, 6.07) is 8.08. The Bertz CT molecular complexity index is 1280. The first-order chi connectivity index (χ1) is 18.7. The van der Waals surface area contributed by atoms with Gasteiger partial charge in [0.15, 0.2) is 0 Å². The van der Waals surface area contributed by atoms with E-state index in [1.807, 2.05) is 6.92 Å². The fraction of sp³-hybridized carbons (Fsp3) is 0.481. The molecule has 0 aliphatic heterocycles. The van der Waals surface area contributed by atoms with Gasteiger partial charge in [0.25, 0.3) is 0 Å². The minimum Gasteiger partial charge on any atom is -0.354 e. The predicted octanol–water partition coefficient (Wildman–Crippen LogP) is 6.28. The number of halogens is 5. The van der Waals surface area contributed by atoms with Crippen molar-refractivity contribution in [1.29, 1.82) is 0 Å². The zero-order valence-corrected chi connectivity index (χ0v) is 24.9. The molecule has 40 heavy (non-hydrogen) atoms. The van der Waals surface area contributed by atoms with Crippen molar-refractivity contribution in [2.24, 2.45) is 0 Å². The van der Waals surface area contributed by atoms with Crippen LogP contribution in [0.25, 0.3) is 0 Å². The molecule has 2 aromatic carbocycles. The molecule has 222 valence electrons.